The second-order valence-electron chi connectivity index (χ2n) is 7.80. The first-order valence-corrected chi connectivity index (χ1v) is 10.3. The van der Waals surface area contributed by atoms with Gasteiger partial charge in [0.05, 0.1) is 23.3 Å². The molecule has 14 heteroatoms. The molecule has 0 radical (unpaired) electrons. The molecule has 2 atom stereocenters. The van der Waals surface area contributed by atoms with Gasteiger partial charge in [0.1, 0.15) is 12.4 Å². The summed E-state index contributed by atoms with van der Waals surface area (Å²) in [5, 5.41) is 12.9. The number of imide groups is 1. The molecule has 190 valence electrons. The molecular formula is C22H16F6N4O4. The fraction of sp³-hybridized carbons (Fsp3) is 0.273. The summed E-state index contributed by atoms with van der Waals surface area (Å²) in [5.41, 5.74) is -2.87. The number of rotatable bonds is 4. The van der Waals surface area contributed by atoms with Gasteiger partial charge < -0.3 is 15.2 Å². The number of aliphatic hydroxyl groups is 1. The quantitative estimate of drug-likeness (QED) is 0.500. The predicted octanol–water partition coefficient (Wildman–Crippen LogP) is 4.43. The molecular weight excluding hydrogens is 498 g/mol. The van der Waals surface area contributed by atoms with E-state index in [0.717, 1.165) is 0 Å². The Labute approximate surface area is 198 Å². The number of carbonyl (C=O) groups excluding carboxylic acids is 2. The summed E-state index contributed by atoms with van der Waals surface area (Å²) < 4.78 is 84.4. The maximum absolute atomic E-state index is 13.2. The average molecular weight is 514 g/mol. The molecule has 3 aromatic rings. The van der Waals surface area contributed by atoms with E-state index in [-0.39, 0.29) is 12.6 Å². The molecule has 8 nitrogen and oxygen atoms in total. The topological polar surface area (TPSA) is 105 Å². The maximum atomic E-state index is 13.2. The molecule has 0 spiro atoms. The lowest BCUT2D eigenvalue weighted by Gasteiger charge is -2.23. The van der Waals surface area contributed by atoms with Crippen LogP contribution < -0.4 is 5.32 Å². The van der Waals surface area contributed by atoms with Crippen LogP contribution in [-0.2, 0) is 23.6 Å². The van der Waals surface area contributed by atoms with E-state index < -0.39 is 59.9 Å². The Balaban J connectivity index is 1.61. The number of hydrogen-bond donors (Lipinski definition) is 2. The molecule has 3 amide bonds. The van der Waals surface area contributed by atoms with Crippen LogP contribution in [0.15, 0.2) is 48.9 Å². The lowest BCUT2D eigenvalue weighted by atomic mass is 9.97. The first kappa shape index (κ1) is 25.2. The van der Waals surface area contributed by atoms with Crippen LogP contribution >= 0.6 is 0 Å². The summed E-state index contributed by atoms with van der Waals surface area (Å²) in [5.74, 6) is 0. The third kappa shape index (κ3) is 4.89. The minimum Gasteiger partial charge on any atom is -0.439 e. The van der Waals surface area contributed by atoms with Crippen LogP contribution in [0.25, 0.3) is 10.9 Å². The molecule has 1 saturated heterocycles. The van der Waals surface area contributed by atoms with Crippen molar-refractivity contribution in [2.75, 3.05) is 6.61 Å². The molecule has 2 heterocycles. The van der Waals surface area contributed by atoms with Gasteiger partial charge in [-0.1, -0.05) is 18.2 Å². The van der Waals surface area contributed by atoms with Gasteiger partial charge in [-0.25, -0.2) is 24.5 Å². The lowest BCUT2D eigenvalue weighted by Crippen LogP contribution is -2.47. The van der Waals surface area contributed by atoms with Crippen molar-refractivity contribution < 1.29 is 45.8 Å². The van der Waals surface area contributed by atoms with Gasteiger partial charge in [-0.2, -0.15) is 26.3 Å². The minimum absolute atomic E-state index is 0.0769. The highest BCUT2D eigenvalue weighted by Gasteiger charge is 2.47. The van der Waals surface area contributed by atoms with Gasteiger partial charge in [-0.15, -0.1) is 0 Å². The fourth-order valence-corrected chi connectivity index (χ4v) is 3.84. The molecule has 0 aliphatic carbocycles. The van der Waals surface area contributed by atoms with Crippen LogP contribution in [0.5, 0.6) is 0 Å². The number of urea groups is 1. The largest absolute Gasteiger partial charge is 0.439 e. The third-order valence-electron chi connectivity index (χ3n) is 5.50. The van der Waals surface area contributed by atoms with Crippen molar-refractivity contribution in [3.63, 3.8) is 0 Å². The molecule has 0 saturated carbocycles. The summed E-state index contributed by atoms with van der Waals surface area (Å²) >= 11 is 0. The number of hydrogen-bond acceptors (Lipinski definition) is 6. The number of amides is 3. The monoisotopic (exact) mass is 514 g/mol. The van der Waals surface area contributed by atoms with Gasteiger partial charge in [0.15, 0.2) is 6.10 Å². The van der Waals surface area contributed by atoms with Crippen molar-refractivity contribution in [1.82, 2.24) is 20.2 Å². The van der Waals surface area contributed by atoms with Crippen LogP contribution in [0.3, 0.4) is 0 Å². The highest BCUT2D eigenvalue weighted by Crippen LogP contribution is 2.40. The van der Waals surface area contributed by atoms with Crippen LogP contribution in [0.1, 0.15) is 28.4 Å². The summed E-state index contributed by atoms with van der Waals surface area (Å²) in [6.45, 7) is -1.12. The summed E-state index contributed by atoms with van der Waals surface area (Å²) in [4.78, 5) is 33.6. The second-order valence-corrected chi connectivity index (χ2v) is 7.80. The number of halogens is 6. The highest BCUT2D eigenvalue weighted by molar-refractivity contribution is 5.93. The SMILES string of the molecule is O=C(NCc1cccc2cncnc12)N1C(=O)O[C@H](c2cc(C(F)(F)F)cc(C(F)(F)F)c2)[C@@H]1CO. The molecule has 1 aliphatic heterocycles. The van der Waals surface area contributed by atoms with Crippen LogP contribution in [0.4, 0.5) is 35.9 Å². The van der Waals surface area contributed by atoms with E-state index in [0.29, 0.717) is 33.5 Å². The number of nitrogens with one attached hydrogen (secondary N) is 1. The Morgan fingerprint density at radius 2 is 1.75 bits per heavy atom. The standard InChI is InChI=1S/C22H16F6N4O4/c23-21(24,25)14-4-13(5-15(6-14)22(26,27)28)18-16(9-33)32(20(35)36-18)19(34)30-8-12-3-1-2-11-7-29-10-31-17(11)12/h1-7,10,16,18,33H,8-9H2,(H,30,34)/t16-,18+/m0/s1. The number of alkyl halides is 6. The van der Waals surface area contributed by atoms with Gasteiger partial charge >= 0.3 is 24.5 Å². The number of para-hydroxylation sites is 1. The number of nitrogens with zero attached hydrogens (tertiary/aromatic N) is 3. The minimum atomic E-state index is -5.13. The van der Waals surface area contributed by atoms with E-state index in [4.69, 9.17) is 4.74 Å². The first-order chi connectivity index (χ1) is 16.9. The van der Waals surface area contributed by atoms with Crippen molar-refractivity contribution >= 4 is 23.0 Å². The third-order valence-corrected chi connectivity index (χ3v) is 5.50. The molecule has 0 bridgehead atoms. The summed E-state index contributed by atoms with van der Waals surface area (Å²) in [6, 6.07) is 3.08. The molecule has 2 N–H and O–H groups in total. The van der Waals surface area contributed by atoms with Crippen LogP contribution in [0, 0.1) is 0 Å². The average Bonchev–Trinajstić information content (AvgIpc) is 3.17. The first-order valence-electron chi connectivity index (χ1n) is 10.3. The number of benzene rings is 2. The number of aromatic nitrogens is 2. The molecule has 2 aromatic carbocycles. The van der Waals surface area contributed by atoms with Crippen molar-refractivity contribution in [3.05, 3.63) is 71.2 Å². The van der Waals surface area contributed by atoms with E-state index in [2.05, 4.69) is 15.3 Å². The number of cyclic esters (lactones) is 1. The Kier molecular flexibility index (Phi) is 6.47. The van der Waals surface area contributed by atoms with Crippen molar-refractivity contribution in [2.45, 2.75) is 31.0 Å². The Morgan fingerprint density at radius 1 is 1.08 bits per heavy atom. The van der Waals surface area contributed by atoms with E-state index in [1.165, 1.54) is 6.33 Å². The summed E-state index contributed by atoms with van der Waals surface area (Å²) in [7, 11) is 0. The van der Waals surface area contributed by atoms with Gasteiger partial charge in [-0.3, -0.25) is 0 Å². The molecule has 36 heavy (non-hydrogen) atoms. The highest BCUT2D eigenvalue weighted by atomic mass is 19.4. The molecule has 0 unspecified atom stereocenters. The van der Waals surface area contributed by atoms with Gasteiger partial charge in [-0.05, 0) is 29.3 Å². The van der Waals surface area contributed by atoms with E-state index in [1.54, 1.807) is 24.4 Å². The predicted molar refractivity (Wildman–Crippen MR) is 110 cm³/mol. The van der Waals surface area contributed by atoms with Gasteiger partial charge in [0, 0.05) is 18.1 Å². The van der Waals surface area contributed by atoms with Crippen molar-refractivity contribution in [2.24, 2.45) is 0 Å². The maximum Gasteiger partial charge on any atom is 0.419 e. The molecule has 4 rings (SSSR count). The van der Waals surface area contributed by atoms with Crippen molar-refractivity contribution in [1.29, 1.82) is 0 Å². The van der Waals surface area contributed by atoms with E-state index >= 15 is 0 Å². The molecule has 1 aromatic heterocycles. The lowest BCUT2D eigenvalue weighted by molar-refractivity contribution is -0.143. The number of ether oxygens (including phenoxy) is 1. The van der Waals surface area contributed by atoms with Crippen molar-refractivity contribution in [3.8, 4) is 0 Å². The van der Waals surface area contributed by atoms with Gasteiger partial charge in [0.25, 0.3) is 0 Å². The zero-order valence-electron chi connectivity index (χ0n) is 18.0. The Hall–Kier alpha value is -3.94. The number of fused-ring (bicyclic) bond motifs is 1. The van der Waals surface area contributed by atoms with E-state index in [1.807, 2.05) is 0 Å². The van der Waals surface area contributed by atoms with Crippen LogP contribution in [0.2, 0.25) is 0 Å². The van der Waals surface area contributed by atoms with Gasteiger partial charge in [0.2, 0.25) is 0 Å². The zero-order chi connectivity index (χ0) is 26.3. The fourth-order valence-electron chi connectivity index (χ4n) is 3.84. The Morgan fingerprint density at radius 3 is 2.36 bits per heavy atom. The zero-order valence-corrected chi connectivity index (χ0v) is 18.0. The second kappa shape index (κ2) is 9.26. The molecule has 1 aliphatic rings. The van der Waals surface area contributed by atoms with E-state index in [9.17, 15) is 41.0 Å². The number of carbonyl (C=O) groups is 2. The van der Waals surface area contributed by atoms with Crippen LogP contribution in [-0.4, -0.2) is 44.7 Å². The summed E-state index contributed by atoms with van der Waals surface area (Å²) in [6.07, 6.45) is -10.5. The smallest absolute Gasteiger partial charge is 0.419 e. The Bertz CT molecular complexity index is 1280. The number of aliphatic hydroxyl groups excluding tert-OH is 1. The normalized spacial score (nSPS) is 18.4. The molecule has 1 fully saturated rings.